The molecule has 11 heteroatoms. The molecule has 1 aromatic heterocycles. The molecule has 1 amide bonds. The van der Waals surface area contributed by atoms with Crippen molar-refractivity contribution in [1.29, 1.82) is 0 Å². The fraction of sp³-hybridized carbons (Fsp3) is 0.222. The average Bonchev–Trinajstić information content (AvgIpc) is 3.34. The van der Waals surface area contributed by atoms with Crippen molar-refractivity contribution in [2.24, 2.45) is 5.10 Å². The van der Waals surface area contributed by atoms with Crippen molar-refractivity contribution in [2.45, 2.75) is 18.2 Å². The molecule has 0 saturated heterocycles. The third-order valence-electron chi connectivity index (χ3n) is 5.65. The van der Waals surface area contributed by atoms with Crippen molar-refractivity contribution >= 4 is 48.6 Å². The molecule has 0 radical (unpaired) electrons. The minimum atomic E-state index is -3.66. The van der Waals surface area contributed by atoms with E-state index in [0.29, 0.717) is 33.5 Å². The second kappa shape index (κ2) is 11.6. The van der Waals surface area contributed by atoms with Gasteiger partial charge in [0.25, 0.3) is 5.91 Å². The van der Waals surface area contributed by atoms with E-state index in [1.54, 1.807) is 30.3 Å². The number of fused-ring (bicyclic) bond motifs is 1. The van der Waals surface area contributed by atoms with Gasteiger partial charge in [0.15, 0.2) is 21.3 Å². The summed E-state index contributed by atoms with van der Waals surface area (Å²) in [6.07, 6.45) is 1.18. The van der Waals surface area contributed by atoms with Crippen LogP contribution in [-0.4, -0.2) is 52.6 Å². The van der Waals surface area contributed by atoms with Crippen molar-refractivity contribution in [3.05, 3.63) is 71.8 Å². The zero-order chi connectivity index (χ0) is 27.3. The number of carbonyl (C=O) groups excluding carboxylic acids is 1. The molecule has 3 aromatic carbocycles. The summed E-state index contributed by atoms with van der Waals surface area (Å²) in [7, 11) is 0.858. The van der Waals surface area contributed by atoms with E-state index in [4.69, 9.17) is 14.2 Å². The van der Waals surface area contributed by atoms with E-state index in [1.165, 1.54) is 51.0 Å². The summed E-state index contributed by atoms with van der Waals surface area (Å²) in [5, 5.41) is 5.89. The van der Waals surface area contributed by atoms with E-state index in [-0.39, 0.29) is 17.1 Å². The fourth-order valence-corrected chi connectivity index (χ4v) is 5.99. The Morgan fingerprint density at radius 3 is 2.32 bits per heavy atom. The van der Waals surface area contributed by atoms with Gasteiger partial charge in [-0.05, 0) is 48.9 Å². The van der Waals surface area contributed by atoms with Gasteiger partial charge < -0.3 is 14.2 Å². The van der Waals surface area contributed by atoms with E-state index >= 15 is 0 Å². The van der Waals surface area contributed by atoms with Crippen molar-refractivity contribution in [1.82, 2.24) is 4.98 Å². The largest absolute Gasteiger partial charge is 0.493 e. The number of benzene rings is 3. The van der Waals surface area contributed by atoms with Gasteiger partial charge in [-0.25, -0.2) is 13.4 Å². The molecule has 0 N–H and O–H groups in total. The zero-order valence-electron chi connectivity index (χ0n) is 21.4. The molecule has 0 aliphatic carbocycles. The summed E-state index contributed by atoms with van der Waals surface area (Å²) in [5.74, 6) is 0.402. The number of amides is 1. The first-order valence-corrected chi connectivity index (χ1v) is 14.0. The molecule has 0 bridgehead atoms. The van der Waals surface area contributed by atoms with Crippen molar-refractivity contribution in [3.8, 4) is 17.2 Å². The average molecular weight is 554 g/mol. The summed E-state index contributed by atoms with van der Waals surface area (Å²) in [5.41, 5.74) is 2.35. The second-order valence-corrected chi connectivity index (χ2v) is 11.4. The van der Waals surface area contributed by atoms with E-state index < -0.39 is 15.7 Å². The Balaban J connectivity index is 1.68. The van der Waals surface area contributed by atoms with E-state index in [2.05, 4.69) is 10.1 Å². The van der Waals surface area contributed by atoms with Gasteiger partial charge in [0.2, 0.25) is 10.9 Å². The monoisotopic (exact) mass is 553 g/mol. The molecule has 38 heavy (non-hydrogen) atoms. The highest BCUT2D eigenvalue weighted by molar-refractivity contribution is 7.91. The van der Waals surface area contributed by atoms with Crippen LogP contribution in [0.4, 0.5) is 5.13 Å². The quantitative estimate of drug-likeness (QED) is 0.204. The third kappa shape index (κ3) is 5.95. The lowest BCUT2D eigenvalue weighted by molar-refractivity contribution is -0.118. The van der Waals surface area contributed by atoms with Gasteiger partial charge in [-0.2, -0.15) is 10.1 Å². The normalized spacial score (nSPS) is 11.6. The van der Waals surface area contributed by atoms with Gasteiger partial charge in [-0.3, -0.25) is 4.79 Å². The van der Waals surface area contributed by atoms with Crippen LogP contribution >= 0.6 is 11.3 Å². The number of methoxy groups -OCH3 is 3. The van der Waals surface area contributed by atoms with Crippen molar-refractivity contribution in [3.63, 3.8) is 0 Å². The van der Waals surface area contributed by atoms with Crippen LogP contribution in [0, 0.1) is 6.92 Å². The number of hydrogen-bond acceptors (Lipinski definition) is 9. The number of thiazole rings is 1. The van der Waals surface area contributed by atoms with Gasteiger partial charge >= 0.3 is 0 Å². The molecule has 4 aromatic rings. The molecule has 0 aliphatic rings. The van der Waals surface area contributed by atoms with Crippen LogP contribution in [0.2, 0.25) is 0 Å². The lowest BCUT2D eigenvalue weighted by atomic mass is 10.2. The second-order valence-electron chi connectivity index (χ2n) is 8.26. The van der Waals surface area contributed by atoms with Crippen LogP contribution in [0.15, 0.2) is 70.7 Å². The standard InChI is InChI=1S/C27H27N3O6S2/c1-18-10-11-21-24(14-18)37-27(29-21)30(25(31)12-13-38(32,33)20-8-6-5-7-9-20)28-17-19-15-22(34-2)26(36-4)23(16-19)35-3/h5-11,14-17H,12-13H2,1-4H3/b28-17+. The summed E-state index contributed by atoms with van der Waals surface area (Å²) in [4.78, 5) is 18.1. The van der Waals surface area contributed by atoms with Gasteiger partial charge in [0.05, 0.1) is 48.4 Å². The summed E-state index contributed by atoms with van der Waals surface area (Å²) in [6, 6.07) is 17.2. The van der Waals surface area contributed by atoms with E-state index in [1.807, 2.05) is 25.1 Å². The lowest BCUT2D eigenvalue weighted by Gasteiger charge is -2.15. The molecule has 0 unspecified atom stereocenters. The van der Waals surface area contributed by atoms with Crippen LogP contribution in [0.3, 0.4) is 0 Å². The summed E-state index contributed by atoms with van der Waals surface area (Å²) >= 11 is 1.30. The third-order valence-corrected chi connectivity index (χ3v) is 8.37. The smallest absolute Gasteiger partial charge is 0.250 e. The number of anilines is 1. The van der Waals surface area contributed by atoms with E-state index in [0.717, 1.165) is 15.3 Å². The molecule has 0 aliphatic heterocycles. The SMILES string of the molecule is COc1cc(/C=N/N(C(=O)CCS(=O)(=O)c2ccccc2)c2nc3ccc(C)cc3s2)cc(OC)c1OC. The Labute approximate surface area is 225 Å². The van der Waals surface area contributed by atoms with Crippen LogP contribution < -0.4 is 19.2 Å². The first kappa shape index (κ1) is 27.1. The summed E-state index contributed by atoms with van der Waals surface area (Å²) < 4.78 is 42.6. The van der Waals surface area contributed by atoms with Crippen LogP contribution in [0.5, 0.6) is 17.2 Å². The van der Waals surface area contributed by atoms with E-state index in [9.17, 15) is 13.2 Å². The minimum absolute atomic E-state index is 0.163. The molecule has 0 spiro atoms. The maximum absolute atomic E-state index is 13.4. The predicted octanol–water partition coefficient (Wildman–Crippen LogP) is 4.86. The number of carbonyl (C=O) groups is 1. The maximum atomic E-state index is 13.4. The maximum Gasteiger partial charge on any atom is 0.250 e. The summed E-state index contributed by atoms with van der Waals surface area (Å²) in [6.45, 7) is 1.97. The molecule has 198 valence electrons. The first-order chi connectivity index (χ1) is 18.2. The Morgan fingerprint density at radius 2 is 1.68 bits per heavy atom. The Hall–Kier alpha value is -3.96. The lowest BCUT2D eigenvalue weighted by Crippen LogP contribution is -2.27. The molecule has 1 heterocycles. The molecule has 4 rings (SSSR count). The highest BCUT2D eigenvalue weighted by Gasteiger charge is 2.23. The van der Waals surface area contributed by atoms with Gasteiger partial charge in [0.1, 0.15) is 0 Å². The number of hydrazone groups is 1. The Bertz CT molecular complexity index is 1560. The predicted molar refractivity (Wildman–Crippen MR) is 149 cm³/mol. The molecule has 0 atom stereocenters. The number of nitrogens with zero attached hydrogens (tertiary/aromatic N) is 3. The molecule has 0 fully saturated rings. The zero-order valence-corrected chi connectivity index (χ0v) is 23.0. The first-order valence-electron chi connectivity index (χ1n) is 11.6. The van der Waals surface area contributed by atoms with Gasteiger partial charge in [0, 0.05) is 12.0 Å². The Morgan fingerprint density at radius 1 is 1.00 bits per heavy atom. The number of hydrogen-bond donors (Lipinski definition) is 0. The van der Waals surface area contributed by atoms with Gasteiger partial charge in [-0.1, -0.05) is 35.6 Å². The fourth-order valence-electron chi connectivity index (χ4n) is 3.70. The number of aromatic nitrogens is 1. The highest BCUT2D eigenvalue weighted by atomic mass is 32.2. The number of aryl methyl sites for hydroxylation is 1. The number of sulfone groups is 1. The molecule has 9 nitrogen and oxygen atoms in total. The van der Waals surface area contributed by atoms with Crippen LogP contribution in [-0.2, 0) is 14.6 Å². The van der Waals surface area contributed by atoms with Crippen LogP contribution in [0.1, 0.15) is 17.5 Å². The molecule has 0 saturated carbocycles. The number of rotatable bonds is 10. The number of ether oxygens (including phenoxy) is 3. The highest BCUT2D eigenvalue weighted by Crippen LogP contribution is 2.38. The molecular formula is C27H27N3O6S2. The molecular weight excluding hydrogens is 526 g/mol. The van der Waals surface area contributed by atoms with Gasteiger partial charge in [-0.15, -0.1) is 0 Å². The minimum Gasteiger partial charge on any atom is -0.493 e. The van der Waals surface area contributed by atoms with Crippen LogP contribution in [0.25, 0.3) is 10.2 Å². The topological polar surface area (TPSA) is 107 Å². The van der Waals surface area contributed by atoms with Crippen molar-refractivity contribution < 1.29 is 27.4 Å². The van der Waals surface area contributed by atoms with Crippen molar-refractivity contribution in [2.75, 3.05) is 32.1 Å². The Kier molecular flexibility index (Phi) is 8.28.